The van der Waals surface area contributed by atoms with Crippen LogP contribution in [-0.2, 0) is 11.3 Å². The van der Waals surface area contributed by atoms with Gasteiger partial charge in [0.1, 0.15) is 5.82 Å². The third-order valence-corrected chi connectivity index (χ3v) is 4.31. The number of benzene rings is 1. The molecule has 1 aromatic carbocycles. The van der Waals surface area contributed by atoms with Crippen LogP contribution in [-0.4, -0.2) is 43.3 Å². The molecular formula is C16H23FN2O. The molecule has 20 heavy (non-hydrogen) atoms. The zero-order chi connectivity index (χ0) is 13.8. The first-order valence-electron chi connectivity index (χ1n) is 7.60. The largest absolute Gasteiger partial charge is 0.380 e. The summed E-state index contributed by atoms with van der Waals surface area (Å²) in [5, 5.41) is 3.71. The third kappa shape index (κ3) is 3.78. The number of nitrogens with zero attached hydrogens (tertiary/aromatic N) is 1. The van der Waals surface area contributed by atoms with E-state index in [9.17, 15) is 4.39 Å². The summed E-state index contributed by atoms with van der Waals surface area (Å²) >= 11 is 0. The Kier molecular flexibility index (Phi) is 4.65. The lowest BCUT2D eigenvalue weighted by Gasteiger charge is -2.33. The lowest BCUT2D eigenvalue weighted by Crippen LogP contribution is -2.46. The smallest absolute Gasteiger partial charge is 0.123 e. The highest BCUT2D eigenvalue weighted by molar-refractivity contribution is 5.15. The van der Waals surface area contributed by atoms with Gasteiger partial charge in [-0.3, -0.25) is 4.90 Å². The lowest BCUT2D eigenvalue weighted by molar-refractivity contribution is 0.167. The van der Waals surface area contributed by atoms with Gasteiger partial charge in [-0.05, 0) is 50.0 Å². The molecular weight excluding hydrogens is 255 g/mol. The number of likely N-dealkylation sites (tertiary alicyclic amines) is 1. The molecule has 110 valence electrons. The first-order valence-corrected chi connectivity index (χ1v) is 7.60. The monoisotopic (exact) mass is 278 g/mol. The Morgan fingerprint density at radius 3 is 2.50 bits per heavy atom. The van der Waals surface area contributed by atoms with Crippen LogP contribution in [0.3, 0.4) is 0 Å². The second-order valence-electron chi connectivity index (χ2n) is 5.90. The quantitative estimate of drug-likeness (QED) is 0.913. The molecule has 4 heteroatoms. The van der Waals surface area contributed by atoms with E-state index >= 15 is 0 Å². The summed E-state index contributed by atoms with van der Waals surface area (Å²) in [6.45, 7) is 4.93. The van der Waals surface area contributed by atoms with E-state index in [4.69, 9.17) is 4.74 Å². The van der Waals surface area contributed by atoms with Crippen molar-refractivity contribution < 1.29 is 9.13 Å². The maximum absolute atomic E-state index is 12.9. The average molecular weight is 278 g/mol. The minimum absolute atomic E-state index is 0.157. The molecule has 2 saturated heterocycles. The molecule has 1 N–H and O–H groups in total. The Morgan fingerprint density at radius 1 is 1.10 bits per heavy atom. The molecule has 2 aliphatic rings. The zero-order valence-electron chi connectivity index (χ0n) is 11.9. The van der Waals surface area contributed by atoms with Crippen LogP contribution in [0.2, 0.25) is 0 Å². The Morgan fingerprint density at radius 2 is 1.85 bits per heavy atom. The second kappa shape index (κ2) is 6.66. The molecule has 0 saturated carbocycles. The predicted octanol–water partition coefficient (Wildman–Crippen LogP) is 2.17. The van der Waals surface area contributed by atoms with Crippen molar-refractivity contribution in [2.24, 2.45) is 0 Å². The molecule has 2 fully saturated rings. The highest BCUT2D eigenvalue weighted by atomic mass is 19.1. The fourth-order valence-corrected chi connectivity index (χ4v) is 3.11. The summed E-state index contributed by atoms with van der Waals surface area (Å²) in [4.78, 5) is 2.45. The van der Waals surface area contributed by atoms with Crippen LogP contribution >= 0.6 is 0 Å². The van der Waals surface area contributed by atoms with E-state index in [1.807, 2.05) is 12.1 Å². The summed E-state index contributed by atoms with van der Waals surface area (Å²) < 4.78 is 18.3. The highest BCUT2D eigenvalue weighted by Crippen LogP contribution is 2.16. The van der Waals surface area contributed by atoms with Crippen LogP contribution < -0.4 is 5.32 Å². The summed E-state index contributed by atoms with van der Waals surface area (Å²) in [5.41, 5.74) is 1.20. The molecule has 3 nitrogen and oxygen atoms in total. The number of ether oxygens (including phenoxy) is 1. The van der Waals surface area contributed by atoms with E-state index in [1.165, 1.54) is 18.4 Å². The first-order chi connectivity index (χ1) is 9.79. The molecule has 0 radical (unpaired) electrons. The van der Waals surface area contributed by atoms with Gasteiger partial charge in [0.25, 0.3) is 0 Å². The van der Waals surface area contributed by atoms with Crippen molar-refractivity contribution in [3.63, 3.8) is 0 Å². The van der Waals surface area contributed by atoms with Gasteiger partial charge in [-0.1, -0.05) is 12.1 Å². The molecule has 1 aromatic rings. The highest BCUT2D eigenvalue weighted by Gasteiger charge is 2.23. The van der Waals surface area contributed by atoms with Gasteiger partial charge in [0.2, 0.25) is 0 Å². The second-order valence-corrected chi connectivity index (χ2v) is 5.90. The molecule has 0 bridgehead atoms. The Balaban J connectivity index is 1.42. The third-order valence-electron chi connectivity index (χ3n) is 4.31. The lowest BCUT2D eigenvalue weighted by atomic mass is 10.0. The van der Waals surface area contributed by atoms with Gasteiger partial charge in [0, 0.05) is 25.2 Å². The van der Waals surface area contributed by atoms with Gasteiger partial charge in [0.15, 0.2) is 0 Å². The summed E-state index contributed by atoms with van der Waals surface area (Å²) in [5.74, 6) is -0.157. The fourth-order valence-electron chi connectivity index (χ4n) is 3.11. The molecule has 1 atom stereocenters. The van der Waals surface area contributed by atoms with Gasteiger partial charge in [-0.25, -0.2) is 4.39 Å². The average Bonchev–Trinajstić information content (AvgIpc) is 2.96. The molecule has 0 aromatic heterocycles. The van der Waals surface area contributed by atoms with E-state index in [-0.39, 0.29) is 5.82 Å². The Hall–Kier alpha value is -0.970. The number of halogens is 1. The topological polar surface area (TPSA) is 24.5 Å². The Labute approximate surface area is 120 Å². The van der Waals surface area contributed by atoms with E-state index in [1.54, 1.807) is 12.1 Å². The molecule has 0 aliphatic carbocycles. The van der Waals surface area contributed by atoms with Gasteiger partial charge in [-0.2, -0.15) is 0 Å². The van der Waals surface area contributed by atoms with Crippen molar-refractivity contribution in [2.45, 2.75) is 37.9 Å². The van der Waals surface area contributed by atoms with Crippen molar-refractivity contribution in [3.05, 3.63) is 35.6 Å². The van der Waals surface area contributed by atoms with E-state index in [0.717, 1.165) is 39.3 Å². The first kappa shape index (κ1) is 14.0. The molecule has 2 heterocycles. The molecule has 0 amide bonds. The van der Waals surface area contributed by atoms with Crippen LogP contribution in [0.25, 0.3) is 0 Å². The van der Waals surface area contributed by atoms with Crippen LogP contribution in [0.1, 0.15) is 24.8 Å². The van der Waals surface area contributed by atoms with Crippen molar-refractivity contribution in [3.8, 4) is 0 Å². The minimum Gasteiger partial charge on any atom is -0.380 e. The summed E-state index contributed by atoms with van der Waals surface area (Å²) in [6.07, 6.45) is 3.53. The van der Waals surface area contributed by atoms with Crippen LogP contribution in [0, 0.1) is 5.82 Å². The van der Waals surface area contributed by atoms with Crippen LogP contribution in [0.15, 0.2) is 24.3 Å². The predicted molar refractivity (Wildman–Crippen MR) is 77.1 cm³/mol. The minimum atomic E-state index is -0.157. The normalized spacial score (nSPS) is 25.1. The van der Waals surface area contributed by atoms with Crippen molar-refractivity contribution >= 4 is 0 Å². The van der Waals surface area contributed by atoms with Gasteiger partial charge >= 0.3 is 0 Å². The molecule has 2 aliphatic heterocycles. The van der Waals surface area contributed by atoms with Gasteiger partial charge in [0.05, 0.1) is 6.61 Å². The molecule has 0 spiro atoms. The standard InChI is InChI=1S/C16H23FN2O/c17-14-3-1-13(2-4-14)11-19-8-5-15(6-9-19)18-16-7-10-20-12-16/h1-4,15-16,18H,5-12H2/t16-/m0/s1. The van der Waals surface area contributed by atoms with Gasteiger partial charge in [-0.15, -0.1) is 0 Å². The summed E-state index contributed by atoms with van der Waals surface area (Å²) in [6, 6.07) is 8.05. The van der Waals surface area contributed by atoms with Gasteiger partial charge < -0.3 is 10.1 Å². The Bertz CT molecular complexity index is 409. The molecule has 0 unspecified atom stereocenters. The number of piperidine rings is 1. The van der Waals surface area contributed by atoms with Crippen molar-refractivity contribution in [2.75, 3.05) is 26.3 Å². The summed E-state index contributed by atoms with van der Waals surface area (Å²) in [7, 11) is 0. The van der Waals surface area contributed by atoms with E-state index < -0.39 is 0 Å². The number of hydrogen-bond donors (Lipinski definition) is 1. The fraction of sp³-hybridized carbons (Fsp3) is 0.625. The van der Waals surface area contributed by atoms with Crippen LogP contribution in [0.4, 0.5) is 4.39 Å². The SMILES string of the molecule is Fc1ccc(CN2CCC(N[C@H]3CCOC3)CC2)cc1. The van der Waals surface area contributed by atoms with E-state index in [2.05, 4.69) is 10.2 Å². The van der Waals surface area contributed by atoms with E-state index in [0.29, 0.717) is 12.1 Å². The number of rotatable bonds is 4. The zero-order valence-corrected chi connectivity index (χ0v) is 11.9. The maximum Gasteiger partial charge on any atom is 0.123 e. The number of hydrogen-bond acceptors (Lipinski definition) is 3. The molecule has 3 rings (SSSR count). The van der Waals surface area contributed by atoms with Crippen molar-refractivity contribution in [1.29, 1.82) is 0 Å². The maximum atomic E-state index is 12.9. The van der Waals surface area contributed by atoms with Crippen molar-refractivity contribution in [1.82, 2.24) is 10.2 Å². The van der Waals surface area contributed by atoms with Crippen LogP contribution in [0.5, 0.6) is 0 Å². The number of nitrogens with one attached hydrogen (secondary N) is 1.